The third-order valence-electron chi connectivity index (χ3n) is 2.43. The summed E-state index contributed by atoms with van der Waals surface area (Å²) in [6.07, 6.45) is 7.25. The molecule has 0 bridgehead atoms. The van der Waals surface area contributed by atoms with Gasteiger partial charge in [0.15, 0.2) is 0 Å². The summed E-state index contributed by atoms with van der Waals surface area (Å²) in [6, 6.07) is 1.94. The van der Waals surface area contributed by atoms with Crippen LogP contribution in [0.2, 0.25) is 0 Å². The van der Waals surface area contributed by atoms with Gasteiger partial charge >= 0.3 is 0 Å². The highest BCUT2D eigenvalue weighted by atomic mass is 32.2. The fourth-order valence-electron chi connectivity index (χ4n) is 1.57. The molecule has 4 nitrogen and oxygen atoms in total. The molecule has 2 heterocycles. The van der Waals surface area contributed by atoms with Crippen molar-refractivity contribution in [3.8, 4) is 0 Å². The number of aromatic nitrogens is 1. The molecule has 1 aliphatic heterocycles. The van der Waals surface area contributed by atoms with Crippen molar-refractivity contribution in [1.82, 2.24) is 10.3 Å². The Bertz CT molecular complexity index is 576. The lowest BCUT2D eigenvalue weighted by molar-refractivity contribution is -0.115. The summed E-state index contributed by atoms with van der Waals surface area (Å²) in [5.74, 6) is -0.349. The highest BCUT2D eigenvalue weighted by molar-refractivity contribution is 8.18. The topological polar surface area (TPSA) is 59.1 Å². The number of nitrogens with zero attached hydrogens (tertiary/aromatic N) is 1. The molecule has 0 aliphatic carbocycles. The number of amides is 2. The average Bonchev–Trinajstić information content (AvgIpc) is 2.62. The molecule has 1 fully saturated rings. The SMILES string of the molecule is CC=Cc1cc(C=C2SC(=O)NC2=O)cnc1C. The Morgan fingerprint density at radius 1 is 1.39 bits per heavy atom. The largest absolute Gasteiger partial charge is 0.290 e. The second kappa shape index (κ2) is 5.18. The first kappa shape index (κ1) is 12.6. The number of aryl methyl sites for hydroxylation is 1. The standard InChI is InChI=1S/C13H12N2O2S/c1-3-4-10-5-9(7-14-8(10)2)6-11-12(16)15-13(17)18-11/h3-7H,1-2H3,(H,15,16,17). The minimum atomic E-state index is -0.349. The van der Waals surface area contributed by atoms with Crippen LogP contribution < -0.4 is 5.32 Å². The van der Waals surface area contributed by atoms with Gasteiger partial charge in [-0.05, 0) is 48.9 Å². The van der Waals surface area contributed by atoms with Gasteiger partial charge in [-0.3, -0.25) is 19.9 Å². The highest BCUT2D eigenvalue weighted by Gasteiger charge is 2.24. The van der Waals surface area contributed by atoms with Crippen LogP contribution in [-0.4, -0.2) is 16.1 Å². The number of rotatable bonds is 2. The third-order valence-corrected chi connectivity index (χ3v) is 3.24. The number of imide groups is 1. The van der Waals surface area contributed by atoms with Crippen LogP contribution in [0.1, 0.15) is 23.7 Å². The molecule has 18 heavy (non-hydrogen) atoms. The van der Waals surface area contributed by atoms with Gasteiger partial charge in [-0.1, -0.05) is 12.2 Å². The van der Waals surface area contributed by atoms with Gasteiger partial charge in [-0.2, -0.15) is 0 Å². The minimum Gasteiger partial charge on any atom is -0.282 e. The molecule has 0 atom stereocenters. The van der Waals surface area contributed by atoms with E-state index in [0.717, 1.165) is 28.6 Å². The molecule has 1 aromatic rings. The molecule has 2 rings (SSSR count). The quantitative estimate of drug-likeness (QED) is 0.831. The van der Waals surface area contributed by atoms with Crippen molar-refractivity contribution < 1.29 is 9.59 Å². The smallest absolute Gasteiger partial charge is 0.282 e. The third kappa shape index (κ3) is 2.68. The van der Waals surface area contributed by atoms with E-state index in [1.807, 2.05) is 32.1 Å². The lowest BCUT2D eigenvalue weighted by Gasteiger charge is -2.01. The van der Waals surface area contributed by atoms with Gasteiger partial charge in [0.2, 0.25) is 0 Å². The maximum atomic E-state index is 11.4. The van der Waals surface area contributed by atoms with Crippen molar-refractivity contribution in [1.29, 1.82) is 0 Å². The summed E-state index contributed by atoms with van der Waals surface area (Å²) in [5.41, 5.74) is 2.73. The van der Waals surface area contributed by atoms with Gasteiger partial charge in [0.25, 0.3) is 11.1 Å². The maximum Gasteiger partial charge on any atom is 0.290 e. The van der Waals surface area contributed by atoms with Crippen molar-refractivity contribution in [2.45, 2.75) is 13.8 Å². The fourth-order valence-corrected chi connectivity index (χ4v) is 2.25. The molecule has 1 N–H and O–H groups in total. The van der Waals surface area contributed by atoms with E-state index in [0.29, 0.717) is 4.91 Å². The lowest BCUT2D eigenvalue weighted by Crippen LogP contribution is -2.17. The van der Waals surface area contributed by atoms with Crippen LogP contribution in [0, 0.1) is 6.92 Å². The van der Waals surface area contributed by atoms with E-state index in [4.69, 9.17) is 0 Å². The Hall–Kier alpha value is -1.88. The van der Waals surface area contributed by atoms with Gasteiger partial charge in [-0.15, -0.1) is 0 Å². The number of pyridine rings is 1. The molecule has 5 heteroatoms. The highest BCUT2D eigenvalue weighted by Crippen LogP contribution is 2.25. The molecule has 1 aliphatic rings. The Morgan fingerprint density at radius 2 is 2.17 bits per heavy atom. The predicted molar refractivity (Wildman–Crippen MR) is 72.8 cm³/mol. The predicted octanol–water partition coefficient (Wildman–Crippen LogP) is 2.75. The molecule has 1 aromatic heterocycles. The number of nitrogens with one attached hydrogen (secondary N) is 1. The molecular formula is C13H12N2O2S. The van der Waals surface area contributed by atoms with Crippen LogP contribution >= 0.6 is 11.8 Å². The van der Waals surface area contributed by atoms with Crippen LogP contribution in [0.4, 0.5) is 4.79 Å². The molecule has 92 valence electrons. The Morgan fingerprint density at radius 3 is 2.78 bits per heavy atom. The zero-order valence-corrected chi connectivity index (χ0v) is 10.9. The lowest BCUT2D eigenvalue weighted by atomic mass is 10.1. The number of carbonyl (C=O) groups is 2. The summed E-state index contributed by atoms with van der Waals surface area (Å²) in [7, 11) is 0. The molecule has 0 radical (unpaired) electrons. The van der Waals surface area contributed by atoms with Crippen molar-refractivity contribution in [3.05, 3.63) is 40.1 Å². The van der Waals surface area contributed by atoms with Crippen molar-refractivity contribution >= 4 is 35.1 Å². The van der Waals surface area contributed by atoms with E-state index in [-0.39, 0.29) is 11.1 Å². The van der Waals surface area contributed by atoms with Gasteiger partial charge < -0.3 is 0 Å². The van der Waals surface area contributed by atoms with Gasteiger partial charge in [0.1, 0.15) is 0 Å². The first-order chi connectivity index (χ1) is 8.60. The van der Waals surface area contributed by atoms with E-state index in [9.17, 15) is 9.59 Å². The van der Waals surface area contributed by atoms with E-state index in [1.54, 1.807) is 12.3 Å². The molecular weight excluding hydrogens is 248 g/mol. The molecule has 0 saturated carbocycles. The second-order valence-electron chi connectivity index (χ2n) is 3.80. The summed E-state index contributed by atoms with van der Waals surface area (Å²) in [5, 5.41) is 1.89. The van der Waals surface area contributed by atoms with Gasteiger partial charge in [-0.25, -0.2) is 0 Å². The first-order valence-electron chi connectivity index (χ1n) is 5.44. The number of allylic oxidation sites excluding steroid dienone is 1. The number of carbonyl (C=O) groups excluding carboxylic acids is 2. The van der Waals surface area contributed by atoms with Gasteiger partial charge in [0.05, 0.1) is 4.91 Å². The van der Waals surface area contributed by atoms with E-state index in [2.05, 4.69) is 10.3 Å². The summed E-state index contributed by atoms with van der Waals surface area (Å²) in [4.78, 5) is 27.1. The number of hydrogen-bond acceptors (Lipinski definition) is 4. The van der Waals surface area contributed by atoms with E-state index in [1.165, 1.54) is 0 Å². The van der Waals surface area contributed by atoms with Crippen LogP contribution in [0.3, 0.4) is 0 Å². The average molecular weight is 260 g/mol. The molecule has 2 amide bonds. The molecule has 0 unspecified atom stereocenters. The molecule has 1 saturated heterocycles. The Kier molecular flexibility index (Phi) is 3.62. The minimum absolute atomic E-state index is 0.333. The van der Waals surface area contributed by atoms with Crippen LogP contribution in [0.25, 0.3) is 12.2 Å². The fraction of sp³-hybridized carbons (Fsp3) is 0.154. The van der Waals surface area contributed by atoms with Crippen LogP contribution in [-0.2, 0) is 4.79 Å². The zero-order chi connectivity index (χ0) is 13.1. The summed E-state index contributed by atoms with van der Waals surface area (Å²) in [6.45, 7) is 3.86. The summed E-state index contributed by atoms with van der Waals surface area (Å²) < 4.78 is 0. The van der Waals surface area contributed by atoms with Gasteiger partial charge in [0, 0.05) is 11.9 Å². The molecule has 0 spiro atoms. The van der Waals surface area contributed by atoms with E-state index < -0.39 is 0 Å². The van der Waals surface area contributed by atoms with Crippen LogP contribution in [0.5, 0.6) is 0 Å². The van der Waals surface area contributed by atoms with E-state index >= 15 is 0 Å². The maximum absolute atomic E-state index is 11.4. The van der Waals surface area contributed by atoms with Crippen molar-refractivity contribution in [2.75, 3.05) is 0 Å². The zero-order valence-electron chi connectivity index (χ0n) is 10.1. The van der Waals surface area contributed by atoms with Crippen LogP contribution in [0.15, 0.2) is 23.2 Å². The number of hydrogen-bond donors (Lipinski definition) is 1. The summed E-state index contributed by atoms with van der Waals surface area (Å²) >= 11 is 0.908. The normalized spacial score (nSPS) is 17.8. The first-order valence-corrected chi connectivity index (χ1v) is 6.26. The van der Waals surface area contributed by atoms with Crippen molar-refractivity contribution in [3.63, 3.8) is 0 Å². The number of thioether (sulfide) groups is 1. The molecule has 0 aromatic carbocycles. The second-order valence-corrected chi connectivity index (χ2v) is 4.81. The monoisotopic (exact) mass is 260 g/mol. The Labute approximate surface area is 109 Å². The van der Waals surface area contributed by atoms with Crippen molar-refractivity contribution in [2.24, 2.45) is 0 Å². The Balaban J connectivity index is 2.35.